The Labute approximate surface area is 161 Å². The Morgan fingerprint density at radius 3 is 2.65 bits per heavy atom. The van der Waals surface area contributed by atoms with E-state index in [4.69, 9.17) is 22.7 Å². The highest BCUT2D eigenvalue weighted by Crippen LogP contribution is 2.30. The Hall–Kier alpha value is -2.64. The summed E-state index contributed by atoms with van der Waals surface area (Å²) in [5.74, 6) is 0.600. The fraction of sp³-hybridized carbons (Fsp3) is 0.158. The van der Waals surface area contributed by atoms with Crippen LogP contribution in [0.4, 0.5) is 11.5 Å². The summed E-state index contributed by atoms with van der Waals surface area (Å²) >= 11 is 6.65. The van der Waals surface area contributed by atoms with Gasteiger partial charge in [-0.05, 0) is 49.8 Å². The van der Waals surface area contributed by atoms with Crippen LogP contribution < -0.4 is 15.8 Å². The minimum atomic E-state index is -0.313. The monoisotopic (exact) mass is 385 g/mol. The predicted octanol–water partition coefficient (Wildman–Crippen LogP) is 4.73. The molecule has 0 radical (unpaired) electrons. The molecule has 2 aromatic carbocycles. The zero-order valence-corrected chi connectivity index (χ0v) is 16.3. The zero-order chi connectivity index (χ0) is 18.8. The van der Waals surface area contributed by atoms with E-state index in [2.05, 4.69) is 11.4 Å². The molecule has 1 heterocycles. The summed E-state index contributed by atoms with van der Waals surface area (Å²) in [5, 5.41) is 2.84. The van der Waals surface area contributed by atoms with Crippen LogP contribution in [0.5, 0.6) is 5.75 Å². The summed E-state index contributed by atoms with van der Waals surface area (Å²) in [6.07, 6.45) is 0. The molecule has 3 N–H and O–H groups in total. The largest absolute Gasteiger partial charge is 0.495 e. The fourth-order valence-electron chi connectivity index (χ4n) is 2.76. The highest BCUT2D eigenvalue weighted by atomic mass is 32.1. The fourth-order valence-corrected chi connectivity index (χ4v) is 4.01. The van der Waals surface area contributed by atoms with Crippen molar-refractivity contribution in [2.75, 3.05) is 18.2 Å². The average Bonchev–Trinajstić information content (AvgIpc) is 2.90. The zero-order valence-electron chi connectivity index (χ0n) is 14.7. The lowest BCUT2D eigenvalue weighted by atomic mass is 10.1. The van der Waals surface area contributed by atoms with E-state index in [-0.39, 0.29) is 5.91 Å². The number of hydrogen-bond acceptors (Lipinski definition) is 5. The third-order valence-electron chi connectivity index (χ3n) is 4.00. The number of amides is 1. The van der Waals surface area contributed by atoms with Crippen LogP contribution in [0.2, 0.25) is 0 Å². The Kier molecular flexibility index (Phi) is 5.11. The number of aromatic nitrogens is 1. The van der Waals surface area contributed by atoms with Gasteiger partial charge in [0.2, 0.25) is 0 Å². The maximum atomic E-state index is 12.7. The molecule has 134 valence electrons. The summed E-state index contributed by atoms with van der Waals surface area (Å²) in [4.78, 5) is 13.1. The number of benzene rings is 2. The minimum Gasteiger partial charge on any atom is -0.495 e. The van der Waals surface area contributed by atoms with Crippen LogP contribution in [-0.2, 0) is 0 Å². The second-order valence-corrected chi connectivity index (χ2v) is 7.51. The maximum absolute atomic E-state index is 12.7. The lowest BCUT2D eigenvalue weighted by Crippen LogP contribution is -2.14. The summed E-state index contributed by atoms with van der Waals surface area (Å²) in [6, 6.07) is 13.2. The number of nitrogen functional groups attached to an aromatic ring is 1. The van der Waals surface area contributed by atoms with Crippen LogP contribution >= 0.6 is 23.6 Å². The van der Waals surface area contributed by atoms with Crippen molar-refractivity contribution in [3.05, 3.63) is 62.4 Å². The van der Waals surface area contributed by atoms with Crippen LogP contribution in [0.25, 0.3) is 5.69 Å². The van der Waals surface area contributed by atoms with Gasteiger partial charge in [-0.25, -0.2) is 0 Å². The molecule has 1 amide bonds. The van der Waals surface area contributed by atoms with Crippen molar-refractivity contribution in [1.82, 2.24) is 4.57 Å². The van der Waals surface area contributed by atoms with E-state index in [1.807, 2.05) is 38.1 Å². The number of nitrogens with one attached hydrogen (secondary N) is 1. The van der Waals surface area contributed by atoms with Crippen molar-refractivity contribution in [2.24, 2.45) is 0 Å². The number of hydrogen-bond donors (Lipinski definition) is 2. The number of aryl methyl sites for hydroxylation is 2. The van der Waals surface area contributed by atoms with Gasteiger partial charge in [-0.3, -0.25) is 9.36 Å². The van der Waals surface area contributed by atoms with Gasteiger partial charge in [0.05, 0.1) is 18.5 Å². The number of carbonyl (C=O) groups excluding carboxylic acids is 1. The van der Waals surface area contributed by atoms with Crippen molar-refractivity contribution < 1.29 is 9.53 Å². The Morgan fingerprint density at radius 2 is 1.96 bits per heavy atom. The Bertz CT molecular complexity index is 1040. The Balaban J connectivity index is 2.00. The lowest BCUT2D eigenvalue weighted by Gasteiger charge is -2.11. The number of thiazole rings is 1. The van der Waals surface area contributed by atoms with Gasteiger partial charge in [0.15, 0.2) is 3.95 Å². The molecule has 3 rings (SSSR count). The molecule has 1 aromatic heterocycles. The Morgan fingerprint density at radius 1 is 1.23 bits per heavy atom. The highest BCUT2D eigenvalue weighted by Gasteiger charge is 2.20. The molecular weight excluding hydrogens is 366 g/mol. The van der Waals surface area contributed by atoms with Crippen LogP contribution in [-0.4, -0.2) is 17.6 Å². The first-order valence-electron chi connectivity index (χ1n) is 7.95. The third-order valence-corrected chi connectivity index (χ3v) is 5.39. The van der Waals surface area contributed by atoms with Crippen LogP contribution in [0, 0.1) is 17.8 Å². The van der Waals surface area contributed by atoms with Crippen LogP contribution in [0.1, 0.15) is 20.8 Å². The van der Waals surface area contributed by atoms with E-state index in [1.54, 1.807) is 23.8 Å². The quantitative estimate of drug-likeness (QED) is 0.637. The summed E-state index contributed by atoms with van der Waals surface area (Å²) < 4.78 is 7.54. The van der Waals surface area contributed by atoms with Gasteiger partial charge < -0.3 is 15.8 Å². The molecule has 0 atom stereocenters. The molecule has 0 aliphatic carbocycles. The summed E-state index contributed by atoms with van der Waals surface area (Å²) in [6.45, 7) is 4.02. The first kappa shape index (κ1) is 18.2. The van der Waals surface area contributed by atoms with Crippen molar-refractivity contribution >= 4 is 41.0 Å². The molecule has 5 nitrogen and oxygen atoms in total. The van der Waals surface area contributed by atoms with Gasteiger partial charge in [-0.2, -0.15) is 0 Å². The normalized spacial score (nSPS) is 10.6. The maximum Gasteiger partial charge on any atom is 0.269 e. The minimum absolute atomic E-state index is 0.313. The number of nitrogens with zero attached hydrogens (tertiary/aromatic N) is 1. The first-order chi connectivity index (χ1) is 12.4. The number of rotatable bonds is 4. The topological polar surface area (TPSA) is 69.3 Å². The van der Waals surface area contributed by atoms with Gasteiger partial charge in [-0.1, -0.05) is 41.2 Å². The van der Waals surface area contributed by atoms with E-state index in [1.165, 1.54) is 11.3 Å². The summed E-state index contributed by atoms with van der Waals surface area (Å²) in [5.41, 5.74) is 9.94. The molecule has 0 spiro atoms. The molecule has 0 aliphatic rings. The number of anilines is 2. The van der Waals surface area contributed by atoms with E-state index >= 15 is 0 Å². The van der Waals surface area contributed by atoms with E-state index in [0.29, 0.717) is 26.1 Å². The lowest BCUT2D eigenvalue weighted by molar-refractivity contribution is 0.103. The molecule has 0 bridgehead atoms. The van der Waals surface area contributed by atoms with Crippen molar-refractivity contribution in [3.8, 4) is 11.4 Å². The van der Waals surface area contributed by atoms with Crippen LogP contribution in [0.15, 0.2) is 42.5 Å². The van der Waals surface area contributed by atoms with Gasteiger partial charge in [0, 0.05) is 0 Å². The van der Waals surface area contributed by atoms with E-state index in [0.717, 1.165) is 16.8 Å². The second kappa shape index (κ2) is 7.31. The number of ether oxygens (including phenoxy) is 1. The number of nitrogens with two attached hydrogens (primary N) is 1. The molecule has 0 saturated heterocycles. The van der Waals surface area contributed by atoms with Crippen molar-refractivity contribution in [2.45, 2.75) is 13.8 Å². The number of methoxy groups -OCH3 is 1. The van der Waals surface area contributed by atoms with Gasteiger partial charge in [0.25, 0.3) is 5.91 Å². The van der Waals surface area contributed by atoms with Gasteiger partial charge in [0.1, 0.15) is 16.4 Å². The molecular formula is C19H19N3O2S2. The highest BCUT2D eigenvalue weighted by molar-refractivity contribution is 7.73. The van der Waals surface area contributed by atoms with E-state index < -0.39 is 0 Å². The number of para-hydroxylation sites is 2. The molecule has 0 saturated carbocycles. The van der Waals surface area contributed by atoms with Gasteiger partial charge >= 0.3 is 0 Å². The molecule has 0 unspecified atom stereocenters. The van der Waals surface area contributed by atoms with Crippen molar-refractivity contribution in [3.63, 3.8) is 0 Å². The second-order valence-electron chi connectivity index (χ2n) is 5.86. The van der Waals surface area contributed by atoms with Crippen LogP contribution in [0.3, 0.4) is 0 Å². The first-order valence-corrected chi connectivity index (χ1v) is 9.18. The molecule has 7 heteroatoms. The molecule has 0 fully saturated rings. The SMILES string of the molecule is COc1ccccc1NC(=O)c1sc(=S)n(-c2ccc(C)cc2C)c1N. The van der Waals surface area contributed by atoms with Gasteiger partial charge in [-0.15, -0.1) is 0 Å². The molecule has 3 aromatic rings. The molecule has 0 aliphatic heterocycles. The summed E-state index contributed by atoms with van der Waals surface area (Å²) in [7, 11) is 1.56. The van der Waals surface area contributed by atoms with E-state index in [9.17, 15) is 4.79 Å². The predicted molar refractivity (Wildman–Crippen MR) is 109 cm³/mol. The standard InChI is InChI=1S/C19H19N3O2S2/c1-11-8-9-14(12(2)10-11)22-17(20)16(26-19(22)25)18(23)21-13-6-4-5-7-15(13)24-3/h4-10H,20H2,1-3H3,(H,21,23). The molecule has 26 heavy (non-hydrogen) atoms. The average molecular weight is 386 g/mol. The smallest absolute Gasteiger partial charge is 0.269 e. The third kappa shape index (κ3) is 3.36. The number of carbonyl (C=O) groups is 1. The van der Waals surface area contributed by atoms with Crippen molar-refractivity contribution in [1.29, 1.82) is 0 Å².